The van der Waals surface area contributed by atoms with Gasteiger partial charge in [0.1, 0.15) is 5.75 Å². The van der Waals surface area contributed by atoms with Crippen LogP contribution in [0.4, 0.5) is 11.4 Å². The minimum Gasteiger partial charge on any atom is -0.482 e. The third kappa shape index (κ3) is 7.56. The quantitative estimate of drug-likeness (QED) is 0.247. The summed E-state index contributed by atoms with van der Waals surface area (Å²) in [5, 5.41) is 5.69. The number of benzene rings is 3. The molecule has 3 aliphatic rings. The highest BCUT2D eigenvalue weighted by molar-refractivity contribution is 6.04. The summed E-state index contributed by atoms with van der Waals surface area (Å²) in [7, 11) is 1.84. The maximum atomic E-state index is 13.5. The molecule has 1 heterocycles. The van der Waals surface area contributed by atoms with Crippen molar-refractivity contribution in [1.82, 2.24) is 9.80 Å². The topological polar surface area (TPSA) is 134 Å². The average Bonchev–Trinajstić information content (AvgIpc) is 4.00. The molecular formula is C36H41N5O5. The first kappa shape index (κ1) is 31.3. The van der Waals surface area contributed by atoms with Gasteiger partial charge in [-0.3, -0.25) is 19.2 Å². The Balaban J connectivity index is 1.01. The number of nitrogens with zero attached hydrogens (tertiary/aromatic N) is 2. The van der Waals surface area contributed by atoms with Gasteiger partial charge in [-0.25, -0.2) is 0 Å². The van der Waals surface area contributed by atoms with E-state index in [9.17, 15) is 19.2 Å². The second-order valence-corrected chi connectivity index (χ2v) is 12.9. The molecule has 0 unspecified atom stereocenters. The summed E-state index contributed by atoms with van der Waals surface area (Å²) in [5.74, 6) is 0.107. The summed E-state index contributed by atoms with van der Waals surface area (Å²) in [4.78, 5) is 54.5. The van der Waals surface area contributed by atoms with Gasteiger partial charge in [-0.2, -0.15) is 0 Å². The zero-order valence-electron chi connectivity index (χ0n) is 26.2. The monoisotopic (exact) mass is 623 g/mol. The number of carbonyl (C=O) groups excluding carboxylic acids is 4. The number of hydrogen-bond acceptors (Lipinski definition) is 6. The van der Waals surface area contributed by atoms with E-state index in [1.807, 2.05) is 48.3 Å². The number of hydrogen-bond donors (Lipinski definition) is 3. The fourth-order valence-corrected chi connectivity index (χ4v) is 5.97. The Morgan fingerprint density at radius 2 is 1.63 bits per heavy atom. The molecule has 3 aromatic rings. The van der Waals surface area contributed by atoms with E-state index in [1.165, 1.54) is 0 Å². The summed E-state index contributed by atoms with van der Waals surface area (Å²) in [6.07, 6.45) is 6.68. The number of anilines is 2. The average molecular weight is 624 g/mol. The Hall–Kier alpha value is -4.70. The number of rotatable bonds is 13. The fraction of sp³-hybridized carbons (Fsp3) is 0.389. The zero-order valence-corrected chi connectivity index (χ0v) is 26.2. The van der Waals surface area contributed by atoms with Gasteiger partial charge in [-0.15, -0.1) is 0 Å². The van der Waals surface area contributed by atoms with Crippen LogP contribution >= 0.6 is 0 Å². The van der Waals surface area contributed by atoms with Gasteiger partial charge in [0, 0.05) is 49.4 Å². The van der Waals surface area contributed by atoms with Crippen molar-refractivity contribution in [3.63, 3.8) is 0 Å². The highest BCUT2D eigenvalue weighted by atomic mass is 16.5. The second kappa shape index (κ2) is 13.3. The van der Waals surface area contributed by atoms with E-state index in [-0.39, 0.29) is 41.7 Å². The molecule has 4 amide bonds. The molecule has 2 aliphatic carbocycles. The number of nitrogens with two attached hydrogens (primary N) is 1. The molecule has 240 valence electrons. The highest BCUT2D eigenvalue weighted by Crippen LogP contribution is 2.52. The standard InChI is InChI=1S/C36H41N5O5/c1-40(33(43)20-36(16-17-36)15-2-18-37)21-24-5-10-28(11-6-24)38-34(44)26-7-3-25(4-8-26)22-41(29-12-13-29)35(45)27-9-14-30-31(19-27)46-23-32(42)39-30/h3-11,14,19,29H,2,12-13,15-18,20-23,37H2,1H3,(H,38,44)(H,39,42). The Labute approximate surface area is 269 Å². The van der Waals surface area contributed by atoms with Crippen LogP contribution in [0.15, 0.2) is 66.7 Å². The molecule has 10 nitrogen and oxygen atoms in total. The lowest BCUT2D eigenvalue weighted by atomic mass is 9.95. The first-order valence-electron chi connectivity index (χ1n) is 16.0. The summed E-state index contributed by atoms with van der Waals surface area (Å²) in [6.45, 7) is 1.53. The molecule has 2 saturated carbocycles. The zero-order chi connectivity index (χ0) is 32.3. The van der Waals surface area contributed by atoms with Gasteiger partial charge in [0.25, 0.3) is 17.7 Å². The third-order valence-electron chi connectivity index (χ3n) is 9.13. The molecule has 0 aromatic heterocycles. The van der Waals surface area contributed by atoms with Crippen LogP contribution in [0.2, 0.25) is 0 Å². The van der Waals surface area contributed by atoms with Gasteiger partial charge < -0.3 is 30.9 Å². The summed E-state index contributed by atoms with van der Waals surface area (Å²) in [5.41, 5.74) is 9.99. The van der Waals surface area contributed by atoms with Crippen molar-refractivity contribution in [2.24, 2.45) is 11.1 Å². The van der Waals surface area contributed by atoms with Crippen LogP contribution in [-0.4, -0.2) is 59.7 Å². The van der Waals surface area contributed by atoms with Crippen molar-refractivity contribution in [1.29, 1.82) is 0 Å². The molecule has 46 heavy (non-hydrogen) atoms. The molecule has 4 N–H and O–H groups in total. The normalized spacial score (nSPS) is 16.0. The van der Waals surface area contributed by atoms with Crippen molar-refractivity contribution in [2.75, 3.05) is 30.8 Å². The predicted octanol–water partition coefficient (Wildman–Crippen LogP) is 4.94. The number of carbonyl (C=O) groups is 4. The Morgan fingerprint density at radius 1 is 0.957 bits per heavy atom. The fourth-order valence-electron chi connectivity index (χ4n) is 5.97. The van der Waals surface area contributed by atoms with E-state index in [2.05, 4.69) is 10.6 Å². The first-order valence-corrected chi connectivity index (χ1v) is 16.0. The largest absolute Gasteiger partial charge is 0.482 e. The molecule has 10 heteroatoms. The summed E-state index contributed by atoms with van der Waals surface area (Å²) >= 11 is 0. The van der Waals surface area contributed by atoms with E-state index in [0.29, 0.717) is 54.3 Å². The lowest BCUT2D eigenvalue weighted by molar-refractivity contribution is -0.131. The van der Waals surface area contributed by atoms with Gasteiger partial charge in [0.2, 0.25) is 5.91 Å². The van der Waals surface area contributed by atoms with E-state index >= 15 is 0 Å². The van der Waals surface area contributed by atoms with Crippen LogP contribution < -0.4 is 21.1 Å². The van der Waals surface area contributed by atoms with Gasteiger partial charge in [-0.1, -0.05) is 24.3 Å². The molecule has 6 rings (SSSR count). The molecule has 0 radical (unpaired) electrons. The lowest BCUT2D eigenvalue weighted by Gasteiger charge is -2.24. The SMILES string of the molecule is CN(Cc1ccc(NC(=O)c2ccc(CN(C(=O)c3ccc4c(c3)OCC(=O)N4)C3CC3)cc2)cc1)C(=O)CC1(CCCN)CC1. The molecule has 1 aliphatic heterocycles. The van der Waals surface area contributed by atoms with Crippen LogP contribution in [-0.2, 0) is 22.7 Å². The molecule has 0 spiro atoms. The van der Waals surface area contributed by atoms with Gasteiger partial charge in [0.05, 0.1) is 5.69 Å². The van der Waals surface area contributed by atoms with E-state index in [0.717, 1.165) is 49.7 Å². The smallest absolute Gasteiger partial charge is 0.262 e. The number of nitrogens with one attached hydrogen (secondary N) is 2. The number of ether oxygens (including phenoxy) is 1. The van der Waals surface area contributed by atoms with Crippen LogP contribution in [0.3, 0.4) is 0 Å². The number of amides is 4. The van der Waals surface area contributed by atoms with Gasteiger partial charge >= 0.3 is 0 Å². The van der Waals surface area contributed by atoms with Crippen LogP contribution in [0.25, 0.3) is 0 Å². The minimum absolute atomic E-state index is 0.0704. The van der Waals surface area contributed by atoms with Crippen molar-refractivity contribution in [3.8, 4) is 5.75 Å². The van der Waals surface area contributed by atoms with E-state index < -0.39 is 0 Å². The molecule has 0 atom stereocenters. The number of fused-ring (bicyclic) bond motifs is 1. The lowest BCUT2D eigenvalue weighted by Crippen LogP contribution is -2.33. The maximum absolute atomic E-state index is 13.5. The van der Waals surface area contributed by atoms with Crippen LogP contribution in [0.5, 0.6) is 5.75 Å². The van der Waals surface area contributed by atoms with Crippen LogP contribution in [0.1, 0.15) is 76.8 Å². The van der Waals surface area contributed by atoms with Gasteiger partial charge in [-0.05, 0) is 104 Å². The summed E-state index contributed by atoms with van der Waals surface area (Å²) in [6, 6.07) is 20.1. The first-order chi connectivity index (χ1) is 22.2. The molecule has 2 fully saturated rings. The maximum Gasteiger partial charge on any atom is 0.262 e. The Morgan fingerprint density at radius 3 is 2.30 bits per heavy atom. The van der Waals surface area contributed by atoms with Crippen LogP contribution in [0, 0.1) is 5.41 Å². The molecule has 3 aromatic carbocycles. The summed E-state index contributed by atoms with van der Waals surface area (Å²) < 4.78 is 5.50. The highest BCUT2D eigenvalue weighted by Gasteiger charge is 2.43. The van der Waals surface area contributed by atoms with E-state index in [4.69, 9.17) is 10.5 Å². The van der Waals surface area contributed by atoms with Crippen molar-refractivity contribution in [2.45, 2.75) is 64.1 Å². The van der Waals surface area contributed by atoms with E-state index in [1.54, 1.807) is 35.2 Å². The molecule has 0 saturated heterocycles. The molecule has 0 bridgehead atoms. The molecular weight excluding hydrogens is 582 g/mol. The van der Waals surface area contributed by atoms with Gasteiger partial charge in [0.15, 0.2) is 6.61 Å². The third-order valence-corrected chi connectivity index (χ3v) is 9.13. The van der Waals surface area contributed by atoms with Crippen molar-refractivity contribution in [3.05, 3.63) is 89.0 Å². The Kier molecular flexibility index (Phi) is 9.08. The Bertz CT molecular complexity index is 1610. The van der Waals surface area contributed by atoms with Crippen molar-refractivity contribution >= 4 is 35.0 Å². The van der Waals surface area contributed by atoms with Crippen molar-refractivity contribution < 1.29 is 23.9 Å². The predicted molar refractivity (Wildman–Crippen MR) is 175 cm³/mol. The minimum atomic E-state index is -0.227. The second-order valence-electron chi connectivity index (χ2n) is 12.9.